The van der Waals surface area contributed by atoms with E-state index < -0.39 is 17.6 Å². The van der Waals surface area contributed by atoms with Crippen LogP contribution in [0.4, 0.5) is 10.1 Å². The minimum absolute atomic E-state index is 0.0906. The first-order chi connectivity index (χ1) is 14.5. The Kier molecular flexibility index (Phi) is 7.13. The Hall–Kier alpha value is -3.71. The summed E-state index contributed by atoms with van der Waals surface area (Å²) in [5, 5.41) is 6.58. The molecule has 0 radical (unpaired) electrons. The second-order valence-electron chi connectivity index (χ2n) is 6.12. The third-order valence-corrected chi connectivity index (χ3v) is 4.14. The lowest BCUT2D eigenvalue weighted by molar-refractivity contribution is -0.136. The third kappa shape index (κ3) is 6.15. The summed E-state index contributed by atoms with van der Waals surface area (Å²) in [6.45, 7) is 0.366. The first-order valence-corrected chi connectivity index (χ1v) is 9.25. The largest absolute Gasteiger partial charge is 0.489 e. The van der Waals surface area contributed by atoms with Crippen LogP contribution >= 0.6 is 11.6 Å². The molecule has 3 aromatic rings. The highest BCUT2D eigenvalue weighted by molar-refractivity contribution is 6.39. The van der Waals surface area contributed by atoms with Gasteiger partial charge in [0.1, 0.15) is 18.2 Å². The standard InChI is InChI=1S/C22H17ClFN3O3/c23-17-10-8-15(9-11-17)14-30-18-5-3-4-16(12-18)13-25-27-22(29)21(28)26-20-7-2-1-6-19(20)24/h1-13H,14H2,(H,26,28)(H,27,29)/b25-13-. The topological polar surface area (TPSA) is 79.8 Å². The molecule has 0 fully saturated rings. The van der Waals surface area contributed by atoms with Crippen molar-refractivity contribution in [2.75, 3.05) is 5.32 Å². The van der Waals surface area contributed by atoms with Gasteiger partial charge in [-0.05, 0) is 47.5 Å². The Morgan fingerprint density at radius 3 is 2.53 bits per heavy atom. The zero-order valence-corrected chi connectivity index (χ0v) is 16.4. The van der Waals surface area contributed by atoms with E-state index >= 15 is 0 Å². The summed E-state index contributed by atoms with van der Waals surface area (Å²) >= 11 is 5.86. The van der Waals surface area contributed by atoms with Crippen molar-refractivity contribution in [2.45, 2.75) is 6.61 Å². The molecule has 0 unspecified atom stereocenters. The van der Waals surface area contributed by atoms with Crippen molar-refractivity contribution in [3.63, 3.8) is 0 Å². The van der Waals surface area contributed by atoms with Crippen molar-refractivity contribution in [3.05, 3.63) is 94.8 Å². The first-order valence-electron chi connectivity index (χ1n) is 8.87. The number of carbonyl (C=O) groups excluding carboxylic acids is 2. The van der Waals surface area contributed by atoms with Gasteiger partial charge in [0.25, 0.3) is 0 Å². The summed E-state index contributed by atoms with van der Waals surface area (Å²) in [5.41, 5.74) is 3.62. The van der Waals surface area contributed by atoms with Crippen LogP contribution in [0.25, 0.3) is 0 Å². The van der Waals surface area contributed by atoms with Crippen molar-refractivity contribution in [1.29, 1.82) is 0 Å². The number of anilines is 1. The predicted molar refractivity (Wildman–Crippen MR) is 113 cm³/mol. The van der Waals surface area contributed by atoms with Crippen molar-refractivity contribution >= 4 is 35.3 Å². The molecule has 3 rings (SSSR count). The number of benzene rings is 3. The average Bonchev–Trinajstić information content (AvgIpc) is 2.75. The number of hydrazone groups is 1. The average molecular weight is 426 g/mol. The lowest BCUT2D eigenvalue weighted by atomic mass is 10.2. The van der Waals surface area contributed by atoms with Crippen LogP contribution in [-0.2, 0) is 16.2 Å². The number of amides is 2. The van der Waals surface area contributed by atoms with Gasteiger partial charge in [-0.1, -0.05) is 48.0 Å². The monoisotopic (exact) mass is 425 g/mol. The number of ether oxygens (including phenoxy) is 1. The second kappa shape index (κ2) is 10.2. The van der Waals surface area contributed by atoms with Gasteiger partial charge in [0.15, 0.2) is 0 Å². The zero-order valence-electron chi connectivity index (χ0n) is 15.6. The van der Waals surface area contributed by atoms with Crippen molar-refractivity contribution in [1.82, 2.24) is 5.43 Å². The van der Waals surface area contributed by atoms with E-state index in [2.05, 4.69) is 15.8 Å². The van der Waals surface area contributed by atoms with Crippen LogP contribution in [0.5, 0.6) is 5.75 Å². The number of para-hydroxylation sites is 1. The molecule has 6 nitrogen and oxygen atoms in total. The molecule has 0 saturated heterocycles. The zero-order chi connectivity index (χ0) is 21.3. The molecule has 2 N–H and O–H groups in total. The van der Waals surface area contributed by atoms with Crippen LogP contribution in [0.2, 0.25) is 5.02 Å². The minimum Gasteiger partial charge on any atom is -0.489 e. The Labute approximate surface area is 177 Å². The lowest BCUT2D eigenvalue weighted by Gasteiger charge is -2.07. The lowest BCUT2D eigenvalue weighted by Crippen LogP contribution is -2.32. The molecule has 0 aliphatic rings. The van der Waals surface area contributed by atoms with E-state index in [1.807, 2.05) is 12.1 Å². The molecule has 0 saturated carbocycles. The van der Waals surface area contributed by atoms with E-state index in [-0.39, 0.29) is 5.69 Å². The molecular formula is C22H17ClFN3O3. The van der Waals surface area contributed by atoms with Gasteiger partial charge >= 0.3 is 11.8 Å². The van der Waals surface area contributed by atoms with Crippen molar-refractivity contribution < 1.29 is 18.7 Å². The fourth-order valence-corrected chi connectivity index (χ4v) is 2.52. The molecular weight excluding hydrogens is 409 g/mol. The van der Waals surface area contributed by atoms with E-state index in [1.165, 1.54) is 30.5 Å². The minimum atomic E-state index is -1.03. The summed E-state index contributed by atoms with van der Waals surface area (Å²) in [6.07, 6.45) is 1.36. The van der Waals surface area contributed by atoms with Crippen LogP contribution in [0, 0.1) is 5.82 Å². The van der Waals surface area contributed by atoms with Gasteiger partial charge in [0, 0.05) is 5.02 Å². The predicted octanol–water partition coefficient (Wildman–Crippen LogP) is 4.15. The highest BCUT2D eigenvalue weighted by Crippen LogP contribution is 2.16. The van der Waals surface area contributed by atoms with E-state index in [9.17, 15) is 14.0 Å². The smallest absolute Gasteiger partial charge is 0.329 e. The number of carbonyl (C=O) groups is 2. The highest BCUT2D eigenvalue weighted by atomic mass is 35.5. The van der Waals surface area contributed by atoms with Crippen molar-refractivity contribution in [2.24, 2.45) is 5.10 Å². The number of rotatable bonds is 6. The Bertz CT molecular complexity index is 1070. The molecule has 0 aromatic heterocycles. The van der Waals surface area contributed by atoms with E-state index in [0.717, 1.165) is 5.56 Å². The molecule has 0 aliphatic carbocycles. The SMILES string of the molecule is O=C(N/N=C\c1cccc(OCc2ccc(Cl)cc2)c1)C(=O)Nc1ccccc1F. The summed E-state index contributed by atoms with van der Waals surface area (Å²) in [5.74, 6) is -2.09. The van der Waals surface area contributed by atoms with Gasteiger partial charge in [-0.25, -0.2) is 9.82 Å². The van der Waals surface area contributed by atoms with Gasteiger partial charge in [-0.3, -0.25) is 9.59 Å². The number of nitrogens with one attached hydrogen (secondary N) is 2. The molecule has 0 heterocycles. The number of halogens is 2. The molecule has 8 heteroatoms. The first kappa shape index (κ1) is 21.0. The number of nitrogens with zero attached hydrogens (tertiary/aromatic N) is 1. The summed E-state index contributed by atoms with van der Waals surface area (Å²) in [7, 11) is 0. The third-order valence-electron chi connectivity index (χ3n) is 3.88. The van der Waals surface area contributed by atoms with Crippen LogP contribution in [0.15, 0.2) is 77.9 Å². The quantitative estimate of drug-likeness (QED) is 0.354. The molecule has 2 amide bonds. The van der Waals surface area contributed by atoms with E-state index in [1.54, 1.807) is 36.4 Å². The maximum atomic E-state index is 13.5. The van der Waals surface area contributed by atoms with Crippen molar-refractivity contribution in [3.8, 4) is 5.75 Å². The fourth-order valence-electron chi connectivity index (χ4n) is 2.39. The normalized spacial score (nSPS) is 10.6. The maximum Gasteiger partial charge on any atom is 0.329 e. The summed E-state index contributed by atoms with van der Waals surface area (Å²) in [6, 6.07) is 19.9. The van der Waals surface area contributed by atoms with Crippen LogP contribution in [-0.4, -0.2) is 18.0 Å². The second-order valence-corrected chi connectivity index (χ2v) is 6.56. The van der Waals surface area contributed by atoms with Crippen LogP contribution < -0.4 is 15.5 Å². The Morgan fingerprint density at radius 2 is 1.77 bits per heavy atom. The Morgan fingerprint density at radius 1 is 1.00 bits per heavy atom. The molecule has 0 spiro atoms. The van der Waals surface area contributed by atoms with Gasteiger partial charge in [-0.15, -0.1) is 0 Å². The van der Waals surface area contributed by atoms with Gasteiger partial charge < -0.3 is 10.1 Å². The highest BCUT2D eigenvalue weighted by Gasteiger charge is 2.14. The molecule has 0 aliphatic heterocycles. The summed E-state index contributed by atoms with van der Waals surface area (Å²) < 4.78 is 19.2. The molecule has 30 heavy (non-hydrogen) atoms. The van der Waals surface area contributed by atoms with E-state index in [4.69, 9.17) is 16.3 Å². The van der Waals surface area contributed by atoms with Gasteiger partial charge in [-0.2, -0.15) is 5.10 Å². The van der Waals surface area contributed by atoms with Gasteiger partial charge in [0.05, 0.1) is 11.9 Å². The van der Waals surface area contributed by atoms with Crippen LogP contribution in [0.1, 0.15) is 11.1 Å². The Balaban J connectivity index is 1.52. The van der Waals surface area contributed by atoms with Crippen LogP contribution in [0.3, 0.4) is 0 Å². The number of hydrogen-bond donors (Lipinski definition) is 2. The number of hydrogen-bond acceptors (Lipinski definition) is 4. The maximum absolute atomic E-state index is 13.5. The molecule has 0 bridgehead atoms. The molecule has 3 aromatic carbocycles. The molecule has 0 atom stereocenters. The van der Waals surface area contributed by atoms with Gasteiger partial charge in [0.2, 0.25) is 0 Å². The molecule has 152 valence electrons. The fraction of sp³-hybridized carbons (Fsp3) is 0.0455. The van der Waals surface area contributed by atoms with E-state index in [0.29, 0.717) is 22.9 Å². The summed E-state index contributed by atoms with van der Waals surface area (Å²) in [4.78, 5) is 23.6.